The van der Waals surface area contributed by atoms with E-state index in [4.69, 9.17) is 4.74 Å². The van der Waals surface area contributed by atoms with E-state index >= 15 is 0 Å². The number of hydrogen-bond donors (Lipinski definition) is 1. The average Bonchev–Trinajstić information content (AvgIpc) is 3.15. The Morgan fingerprint density at radius 3 is 2.57 bits per heavy atom. The van der Waals surface area contributed by atoms with Gasteiger partial charge >= 0.3 is 5.97 Å². The Kier molecular flexibility index (Phi) is 6.86. The fraction of sp³-hybridized carbons (Fsp3) is 0.190. The molecule has 28 heavy (non-hydrogen) atoms. The highest BCUT2D eigenvalue weighted by Crippen LogP contribution is 2.18. The van der Waals surface area contributed by atoms with Gasteiger partial charge in [-0.25, -0.2) is 9.78 Å². The van der Waals surface area contributed by atoms with E-state index in [0.717, 1.165) is 5.16 Å². The normalized spacial score (nSPS) is 10.5. The molecule has 0 atom stereocenters. The summed E-state index contributed by atoms with van der Waals surface area (Å²) < 4.78 is 6.96. The first kappa shape index (κ1) is 19.7. The van der Waals surface area contributed by atoms with Crippen LogP contribution < -0.4 is 5.32 Å². The van der Waals surface area contributed by atoms with Gasteiger partial charge in [0.25, 0.3) is 0 Å². The number of nitrogens with zero attached hydrogens (tertiary/aromatic N) is 2. The maximum Gasteiger partial charge on any atom is 0.338 e. The number of hydrogen-bond acceptors (Lipinski definition) is 5. The first-order valence-electron chi connectivity index (χ1n) is 8.90. The summed E-state index contributed by atoms with van der Waals surface area (Å²) in [6, 6.07) is 16.7. The van der Waals surface area contributed by atoms with E-state index in [0.29, 0.717) is 24.4 Å². The second kappa shape index (κ2) is 9.75. The molecule has 0 aliphatic heterocycles. The van der Waals surface area contributed by atoms with Crippen molar-refractivity contribution in [1.29, 1.82) is 0 Å². The first-order valence-corrected chi connectivity index (χ1v) is 9.89. The molecule has 7 heteroatoms. The highest BCUT2D eigenvalue weighted by Gasteiger charge is 2.10. The van der Waals surface area contributed by atoms with E-state index in [2.05, 4.69) is 22.4 Å². The predicted molar refractivity (Wildman–Crippen MR) is 110 cm³/mol. The van der Waals surface area contributed by atoms with Crippen molar-refractivity contribution >= 4 is 29.3 Å². The first-order chi connectivity index (χ1) is 13.7. The summed E-state index contributed by atoms with van der Waals surface area (Å²) in [4.78, 5) is 28.2. The maximum atomic E-state index is 12.2. The van der Waals surface area contributed by atoms with Crippen LogP contribution in [0.4, 0.5) is 5.69 Å². The van der Waals surface area contributed by atoms with Gasteiger partial charge in [-0.1, -0.05) is 42.1 Å². The minimum Gasteiger partial charge on any atom is -0.462 e. The van der Waals surface area contributed by atoms with E-state index < -0.39 is 0 Å². The van der Waals surface area contributed by atoms with Crippen LogP contribution in [0.1, 0.15) is 22.8 Å². The van der Waals surface area contributed by atoms with Crippen LogP contribution in [0.2, 0.25) is 0 Å². The Hall–Kier alpha value is -3.06. The number of ether oxygens (including phenoxy) is 1. The zero-order valence-corrected chi connectivity index (χ0v) is 16.3. The number of anilines is 1. The standard InChI is InChI=1S/C21H21N3O3S/c1-2-27-20(26)17-8-10-18(11-9-17)23-19(25)15-28-21-22-12-13-24(21)14-16-6-4-3-5-7-16/h3-13H,2,14-15H2,1H3,(H,23,25). The van der Waals surface area contributed by atoms with Crippen molar-refractivity contribution in [3.8, 4) is 0 Å². The second-order valence-electron chi connectivity index (χ2n) is 5.96. The number of thioether (sulfide) groups is 1. The molecule has 3 aromatic rings. The fourth-order valence-corrected chi connectivity index (χ4v) is 3.33. The van der Waals surface area contributed by atoms with Crippen molar-refractivity contribution in [2.24, 2.45) is 0 Å². The van der Waals surface area contributed by atoms with E-state index in [9.17, 15) is 9.59 Å². The molecule has 0 saturated carbocycles. The van der Waals surface area contributed by atoms with Gasteiger partial charge in [-0.15, -0.1) is 0 Å². The number of carbonyl (C=O) groups is 2. The van der Waals surface area contributed by atoms with Crippen LogP contribution in [0.5, 0.6) is 0 Å². The lowest BCUT2D eigenvalue weighted by molar-refractivity contribution is -0.113. The zero-order chi connectivity index (χ0) is 19.8. The molecule has 0 spiro atoms. The smallest absolute Gasteiger partial charge is 0.338 e. The SMILES string of the molecule is CCOC(=O)c1ccc(NC(=O)CSc2nccn2Cc2ccccc2)cc1. The van der Waals surface area contributed by atoms with Crippen LogP contribution in [0, 0.1) is 0 Å². The summed E-state index contributed by atoms with van der Waals surface area (Å²) in [6.07, 6.45) is 3.64. The van der Waals surface area contributed by atoms with Crippen LogP contribution in [0.25, 0.3) is 0 Å². The fourth-order valence-electron chi connectivity index (χ4n) is 2.57. The number of carbonyl (C=O) groups excluding carboxylic acids is 2. The topological polar surface area (TPSA) is 73.2 Å². The molecular weight excluding hydrogens is 374 g/mol. The van der Waals surface area contributed by atoms with Crippen LogP contribution in [0.3, 0.4) is 0 Å². The van der Waals surface area contributed by atoms with Crippen molar-refractivity contribution in [3.05, 3.63) is 78.1 Å². The summed E-state index contributed by atoms with van der Waals surface area (Å²) >= 11 is 1.38. The summed E-state index contributed by atoms with van der Waals surface area (Å²) in [5.74, 6) is -0.268. The van der Waals surface area contributed by atoms with Gasteiger partial charge in [0.1, 0.15) is 0 Å². The molecular formula is C21H21N3O3S. The molecule has 1 N–H and O–H groups in total. The second-order valence-corrected chi connectivity index (χ2v) is 6.90. The molecule has 1 heterocycles. The van der Waals surface area contributed by atoms with E-state index in [1.54, 1.807) is 37.4 Å². The van der Waals surface area contributed by atoms with Crippen LogP contribution in [0.15, 0.2) is 72.1 Å². The third-order valence-electron chi connectivity index (χ3n) is 3.89. The molecule has 6 nitrogen and oxygen atoms in total. The zero-order valence-electron chi connectivity index (χ0n) is 15.5. The predicted octanol–water partition coefficient (Wildman–Crippen LogP) is 3.84. The summed E-state index contributed by atoms with van der Waals surface area (Å²) in [6.45, 7) is 2.80. The summed E-state index contributed by atoms with van der Waals surface area (Å²) in [5, 5.41) is 3.61. The molecule has 0 aliphatic carbocycles. The van der Waals surface area contributed by atoms with Crippen molar-refractivity contribution < 1.29 is 14.3 Å². The molecule has 0 fully saturated rings. The highest BCUT2D eigenvalue weighted by molar-refractivity contribution is 7.99. The van der Waals surface area contributed by atoms with Crippen molar-refractivity contribution in [1.82, 2.24) is 9.55 Å². The third-order valence-corrected chi connectivity index (χ3v) is 4.89. The van der Waals surface area contributed by atoms with E-state index in [-0.39, 0.29) is 17.6 Å². The Morgan fingerprint density at radius 1 is 1.11 bits per heavy atom. The Labute approximate surface area is 167 Å². The molecule has 0 saturated heterocycles. The molecule has 144 valence electrons. The number of benzene rings is 2. The molecule has 1 amide bonds. The largest absolute Gasteiger partial charge is 0.462 e. The lowest BCUT2D eigenvalue weighted by Crippen LogP contribution is -2.15. The van der Waals surface area contributed by atoms with Crippen molar-refractivity contribution in [2.75, 3.05) is 17.7 Å². The Bertz CT molecular complexity index is 924. The molecule has 0 radical (unpaired) electrons. The van der Waals surface area contributed by atoms with Gasteiger partial charge < -0.3 is 14.6 Å². The van der Waals surface area contributed by atoms with Gasteiger partial charge in [0.05, 0.1) is 17.9 Å². The molecule has 1 aromatic heterocycles. The lowest BCUT2D eigenvalue weighted by atomic mass is 10.2. The number of aromatic nitrogens is 2. The Morgan fingerprint density at radius 2 is 1.86 bits per heavy atom. The summed E-state index contributed by atoms with van der Waals surface area (Å²) in [7, 11) is 0. The molecule has 0 unspecified atom stereocenters. The number of imidazole rings is 1. The van der Waals surface area contributed by atoms with E-state index in [1.165, 1.54) is 17.3 Å². The molecule has 3 rings (SSSR count). The molecule has 0 aliphatic rings. The van der Waals surface area contributed by atoms with Crippen LogP contribution in [-0.2, 0) is 16.1 Å². The monoisotopic (exact) mass is 395 g/mol. The van der Waals surface area contributed by atoms with Crippen LogP contribution in [-0.4, -0.2) is 33.8 Å². The van der Waals surface area contributed by atoms with Gasteiger partial charge in [-0.3, -0.25) is 4.79 Å². The lowest BCUT2D eigenvalue weighted by Gasteiger charge is -2.08. The van der Waals surface area contributed by atoms with Gasteiger partial charge in [0, 0.05) is 24.6 Å². The van der Waals surface area contributed by atoms with Gasteiger partial charge in [-0.05, 0) is 36.8 Å². The molecule has 2 aromatic carbocycles. The van der Waals surface area contributed by atoms with E-state index in [1.807, 2.05) is 29.0 Å². The number of esters is 1. The van der Waals surface area contributed by atoms with Crippen molar-refractivity contribution in [3.63, 3.8) is 0 Å². The van der Waals surface area contributed by atoms with Gasteiger partial charge in [-0.2, -0.15) is 0 Å². The minimum absolute atomic E-state index is 0.136. The quantitative estimate of drug-likeness (QED) is 0.463. The number of rotatable bonds is 8. The maximum absolute atomic E-state index is 12.2. The minimum atomic E-state index is -0.374. The number of amides is 1. The summed E-state index contributed by atoms with van der Waals surface area (Å²) in [5.41, 5.74) is 2.26. The van der Waals surface area contributed by atoms with Gasteiger partial charge in [0.15, 0.2) is 5.16 Å². The van der Waals surface area contributed by atoms with Crippen LogP contribution >= 0.6 is 11.8 Å². The Balaban J connectivity index is 1.52. The van der Waals surface area contributed by atoms with Gasteiger partial charge in [0.2, 0.25) is 5.91 Å². The average molecular weight is 395 g/mol. The van der Waals surface area contributed by atoms with Crippen molar-refractivity contribution in [2.45, 2.75) is 18.6 Å². The molecule has 0 bridgehead atoms. The third kappa shape index (κ3) is 5.47. The number of nitrogens with one attached hydrogen (secondary N) is 1. The highest BCUT2D eigenvalue weighted by atomic mass is 32.2.